The zero-order valence-electron chi connectivity index (χ0n) is 22.4. The summed E-state index contributed by atoms with van der Waals surface area (Å²) in [5.41, 5.74) is 0.937. The third-order valence-corrected chi connectivity index (χ3v) is 8.09. The molecular weight excluding hydrogens is 509 g/mol. The molecule has 11 heteroatoms. The fourth-order valence-corrected chi connectivity index (χ4v) is 5.74. The molecule has 2 aliphatic rings. The Balaban J connectivity index is 1.10. The standard InChI is InChI=1S/C28H35F3N6O2/c1-35(2)22-6-4-5-18(13-22)27(39)11-9-21(10-12-27)37-15-20(16-37)32-25(38)17-36(3)26-23-14-19(28(29,30)31)7-8-24(23)33-34-26/h4-8,13-14,20-21,39H,9-12,15-17H2,1-3H3,(H,32,38)(H,33,34). The van der Waals surface area contributed by atoms with Crippen molar-refractivity contribution in [3.63, 3.8) is 0 Å². The predicted molar refractivity (Wildman–Crippen MR) is 145 cm³/mol. The molecule has 2 aromatic carbocycles. The van der Waals surface area contributed by atoms with Crippen LogP contribution in [0.1, 0.15) is 36.8 Å². The zero-order chi connectivity index (χ0) is 27.9. The molecule has 1 aromatic heterocycles. The van der Waals surface area contributed by atoms with Crippen molar-refractivity contribution in [2.75, 3.05) is 50.6 Å². The van der Waals surface area contributed by atoms with Crippen LogP contribution in [0.25, 0.3) is 10.9 Å². The second-order valence-corrected chi connectivity index (χ2v) is 11.1. The quantitative estimate of drug-likeness (QED) is 0.421. The number of carbonyl (C=O) groups excluding carboxylic acids is 1. The maximum absolute atomic E-state index is 13.2. The third-order valence-electron chi connectivity index (χ3n) is 8.09. The van der Waals surface area contributed by atoms with Gasteiger partial charge in [0.2, 0.25) is 5.91 Å². The number of rotatable bonds is 7. The number of H-pyrrole nitrogens is 1. The van der Waals surface area contributed by atoms with Crippen molar-refractivity contribution < 1.29 is 23.1 Å². The van der Waals surface area contributed by atoms with Gasteiger partial charge < -0.3 is 20.2 Å². The lowest BCUT2D eigenvalue weighted by atomic mass is 9.76. The lowest BCUT2D eigenvalue weighted by molar-refractivity contribution is -0.137. The second-order valence-electron chi connectivity index (χ2n) is 11.1. The number of benzene rings is 2. The normalized spacial score (nSPS) is 22.5. The highest BCUT2D eigenvalue weighted by atomic mass is 19.4. The van der Waals surface area contributed by atoms with Crippen molar-refractivity contribution >= 4 is 28.3 Å². The fourth-order valence-electron chi connectivity index (χ4n) is 5.74. The molecule has 39 heavy (non-hydrogen) atoms. The Labute approximate surface area is 225 Å². The summed E-state index contributed by atoms with van der Waals surface area (Å²) in [6.45, 7) is 1.47. The van der Waals surface area contributed by atoms with Crippen molar-refractivity contribution in [3.05, 3.63) is 53.6 Å². The number of hydrogen-bond donors (Lipinski definition) is 3. The fraction of sp³-hybridized carbons (Fsp3) is 0.500. The van der Waals surface area contributed by atoms with Crippen LogP contribution in [0.5, 0.6) is 0 Å². The first-order chi connectivity index (χ1) is 18.4. The molecule has 1 aliphatic carbocycles. The van der Waals surface area contributed by atoms with Gasteiger partial charge in [-0.05, 0) is 61.6 Å². The molecule has 1 saturated heterocycles. The van der Waals surface area contributed by atoms with Crippen molar-refractivity contribution in [1.29, 1.82) is 0 Å². The van der Waals surface area contributed by atoms with E-state index in [9.17, 15) is 23.1 Å². The minimum atomic E-state index is -4.46. The second kappa shape index (κ2) is 10.3. The number of likely N-dealkylation sites (tertiary alicyclic amines) is 1. The van der Waals surface area contributed by atoms with E-state index in [1.807, 2.05) is 37.2 Å². The van der Waals surface area contributed by atoms with Crippen LogP contribution in [-0.4, -0.2) is 79.0 Å². The number of aromatic amines is 1. The number of hydrogen-bond acceptors (Lipinski definition) is 6. The third kappa shape index (κ3) is 5.69. The van der Waals surface area contributed by atoms with Gasteiger partial charge in [0.05, 0.1) is 29.3 Å². The topological polar surface area (TPSA) is 87.7 Å². The van der Waals surface area contributed by atoms with Crippen molar-refractivity contribution in [2.45, 2.75) is 49.5 Å². The van der Waals surface area contributed by atoms with Crippen LogP contribution in [0, 0.1) is 0 Å². The van der Waals surface area contributed by atoms with E-state index in [1.54, 1.807) is 11.9 Å². The van der Waals surface area contributed by atoms with E-state index in [1.165, 1.54) is 6.07 Å². The number of fused-ring (bicyclic) bond motifs is 1. The van der Waals surface area contributed by atoms with Crippen LogP contribution in [0.2, 0.25) is 0 Å². The minimum Gasteiger partial charge on any atom is -0.385 e. The van der Waals surface area contributed by atoms with Gasteiger partial charge in [0.25, 0.3) is 0 Å². The summed E-state index contributed by atoms with van der Waals surface area (Å²) in [6.07, 6.45) is -1.29. The molecule has 0 atom stereocenters. The molecule has 210 valence electrons. The number of nitrogens with zero attached hydrogens (tertiary/aromatic N) is 4. The lowest BCUT2D eigenvalue weighted by Gasteiger charge is -2.48. The largest absolute Gasteiger partial charge is 0.416 e. The van der Waals surface area contributed by atoms with Crippen LogP contribution in [-0.2, 0) is 16.6 Å². The van der Waals surface area contributed by atoms with Gasteiger partial charge in [-0.1, -0.05) is 12.1 Å². The SMILES string of the molecule is CN(C)c1cccc(C2(O)CCC(N3CC(NC(=O)CN(C)c4n[nH]c5ccc(C(F)(F)F)cc45)C3)CC2)c1. The number of aliphatic hydroxyl groups is 1. The molecule has 3 aromatic rings. The van der Waals surface area contributed by atoms with Gasteiger partial charge in [-0.2, -0.15) is 18.3 Å². The molecule has 1 aliphatic heterocycles. The maximum atomic E-state index is 13.2. The van der Waals surface area contributed by atoms with Gasteiger partial charge in [-0.3, -0.25) is 14.8 Å². The van der Waals surface area contributed by atoms with Crippen LogP contribution in [0.3, 0.4) is 0 Å². The number of likely N-dealkylation sites (N-methyl/N-ethyl adjacent to an activating group) is 1. The Morgan fingerprint density at radius 3 is 2.54 bits per heavy atom. The van der Waals surface area contributed by atoms with Gasteiger partial charge in [-0.25, -0.2) is 0 Å². The number of anilines is 2. The molecule has 0 spiro atoms. The van der Waals surface area contributed by atoms with E-state index < -0.39 is 17.3 Å². The Bertz CT molecular complexity index is 1330. The first kappa shape index (κ1) is 27.3. The molecule has 0 unspecified atom stereocenters. The van der Waals surface area contributed by atoms with Crippen LogP contribution in [0.15, 0.2) is 42.5 Å². The highest BCUT2D eigenvalue weighted by Crippen LogP contribution is 2.40. The van der Waals surface area contributed by atoms with E-state index in [4.69, 9.17) is 0 Å². The number of alkyl halides is 3. The summed E-state index contributed by atoms with van der Waals surface area (Å²) in [5.74, 6) is 0.0939. The smallest absolute Gasteiger partial charge is 0.385 e. The van der Waals surface area contributed by atoms with Gasteiger partial charge in [-0.15, -0.1) is 0 Å². The highest BCUT2D eigenvalue weighted by molar-refractivity contribution is 5.92. The number of halogens is 3. The Morgan fingerprint density at radius 1 is 1.15 bits per heavy atom. The zero-order valence-corrected chi connectivity index (χ0v) is 22.4. The number of aromatic nitrogens is 2. The summed E-state index contributed by atoms with van der Waals surface area (Å²) in [4.78, 5) is 18.6. The van der Waals surface area contributed by atoms with Crippen molar-refractivity contribution in [2.24, 2.45) is 0 Å². The number of carbonyl (C=O) groups is 1. The average molecular weight is 545 g/mol. The van der Waals surface area contributed by atoms with E-state index in [0.717, 1.165) is 49.3 Å². The van der Waals surface area contributed by atoms with Crippen LogP contribution >= 0.6 is 0 Å². The molecular formula is C28H35F3N6O2. The van der Waals surface area contributed by atoms with Gasteiger partial charge in [0.1, 0.15) is 0 Å². The van der Waals surface area contributed by atoms with E-state index in [0.29, 0.717) is 35.6 Å². The lowest BCUT2D eigenvalue weighted by Crippen LogP contribution is -2.63. The predicted octanol–water partition coefficient (Wildman–Crippen LogP) is 3.71. The van der Waals surface area contributed by atoms with Crippen LogP contribution in [0.4, 0.5) is 24.7 Å². The van der Waals surface area contributed by atoms with Crippen molar-refractivity contribution in [3.8, 4) is 0 Å². The average Bonchev–Trinajstić information content (AvgIpc) is 3.30. The Morgan fingerprint density at radius 2 is 1.87 bits per heavy atom. The number of nitrogens with one attached hydrogen (secondary N) is 2. The Hall–Kier alpha value is -3.31. The maximum Gasteiger partial charge on any atom is 0.416 e. The summed E-state index contributed by atoms with van der Waals surface area (Å²) in [5, 5.41) is 21.5. The van der Waals surface area contributed by atoms with Gasteiger partial charge in [0.15, 0.2) is 5.82 Å². The van der Waals surface area contributed by atoms with Gasteiger partial charge in [0, 0.05) is 51.3 Å². The summed E-state index contributed by atoms with van der Waals surface area (Å²) in [7, 11) is 5.62. The molecule has 3 N–H and O–H groups in total. The Kier molecular flexibility index (Phi) is 7.23. The molecule has 0 radical (unpaired) electrons. The molecule has 1 saturated carbocycles. The molecule has 2 heterocycles. The molecule has 1 amide bonds. The van der Waals surface area contributed by atoms with E-state index in [2.05, 4.69) is 26.5 Å². The molecule has 2 fully saturated rings. The number of amides is 1. The summed E-state index contributed by atoms with van der Waals surface area (Å²) >= 11 is 0. The monoisotopic (exact) mass is 544 g/mol. The van der Waals surface area contributed by atoms with E-state index >= 15 is 0 Å². The van der Waals surface area contributed by atoms with E-state index in [-0.39, 0.29) is 18.5 Å². The minimum absolute atomic E-state index is 0.0187. The van der Waals surface area contributed by atoms with Crippen molar-refractivity contribution in [1.82, 2.24) is 20.4 Å². The molecule has 8 nitrogen and oxygen atoms in total. The van der Waals surface area contributed by atoms with Gasteiger partial charge >= 0.3 is 6.18 Å². The molecule has 5 rings (SSSR count). The first-order valence-electron chi connectivity index (χ1n) is 13.2. The molecule has 0 bridgehead atoms. The highest BCUT2D eigenvalue weighted by Gasteiger charge is 2.40. The first-order valence-corrected chi connectivity index (χ1v) is 13.2. The summed E-state index contributed by atoms with van der Waals surface area (Å²) < 4.78 is 39.5. The summed E-state index contributed by atoms with van der Waals surface area (Å²) in [6, 6.07) is 11.9. The van der Waals surface area contributed by atoms with Crippen LogP contribution < -0.4 is 15.1 Å².